The first kappa shape index (κ1) is 21.2. The lowest BCUT2D eigenvalue weighted by Gasteiger charge is -2.16. The van der Waals surface area contributed by atoms with Gasteiger partial charge in [-0.3, -0.25) is 4.79 Å². The van der Waals surface area contributed by atoms with Gasteiger partial charge in [0.1, 0.15) is 11.6 Å². The predicted octanol–water partition coefficient (Wildman–Crippen LogP) is 3.92. The zero-order chi connectivity index (χ0) is 22.5. The number of halogens is 1. The lowest BCUT2D eigenvalue weighted by atomic mass is 10.1. The number of hydrogen-bond acceptors (Lipinski definition) is 5. The molecule has 32 heavy (non-hydrogen) atoms. The fraction of sp³-hybridized carbons (Fsp3) is 0.125. The van der Waals surface area contributed by atoms with Crippen molar-refractivity contribution in [1.82, 2.24) is 19.9 Å². The van der Waals surface area contributed by atoms with E-state index >= 15 is 0 Å². The SMILES string of the molecule is Cc1cnc(Nc2ccc(F)cc2)nc1-n1ccc(C(=O)NC(CO)c2ccccc2)c1. The van der Waals surface area contributed by atoms with E-state index in [1.807, 2.05) is 37.3 Å². The minimum Gasteiger partial charge on any atom is -0.394 e. The molecule has 0 aliphatic carbocycles. The van der Waals surface area contributed by atoms with Crippen LogP contribution < -0.4 is 10.6 Å². The highest BCUT2D eigenvalue weighted by atomic mass is 19.1. The minimum atomic E-state index is -0.501. The molecule has 162 valence electrons. The van der Waals surface area contributed by atoms with Gasteiger partial charge >= 0.3 is 0 Å². The normalized spacial score (nSPS) is 11.7. The number of nitrogens with one attached hydrogen (secondary N) is 2. The van der Waals surface area contributed by atoms with E-state index in [1.165, 1.54) is 12.1 Å². The van der Waals surface area contributed by atoms with Crippen LogP contribution in [0.5, 0.6) is 0 Å². The van der Waals surface area contributed by atoms with Crippen molar-refractivity contribution >= 4 is 17.5 Å². The predicted molar refractivity (Wildman–Crippen MR) is 120 cm³/mol. The Kier molecular flexibility index (Phi) is 6.23. The number of aliphatic hydroxyl groups excluding tert-OH is 1. The first-order chi connectivity index (χ1) is 15.5. The van der Waals surface area contributed by atoms with Gasteiger partial charge in [-0.05, 0) is 42.8 Å². The van der Waals surface area contributed by atoms with E-state index in [2.05, 4.69) is 20.6 Å². The van der Waals surface area contributed by atoms with E-state index < -0.39 is 6.04 Å². The van der Waals surface area contributed by atoms with Gasteiger partial charge in [-0.25, -0.2) is 9.37 Å². The van der Waals surface area contributed by atoms with Crippen LogP contribution in [-0.4, -0.2) is 32.2 Å². The monoisotopic (exact) mass is 431 g/mol. The maximum atomic E-state index is 13.1. The van der Waals surface area contributed by atoms with Crippen LogP contribution in [0.1, 0.15) is 27.5 Å². The molecule has 1 atom stereocenters. The molecule has 3 N–H and O–H groups in total. The number of aryl methyl sites for hydroxylation is 1. The van der Waals surface area contributed by atoms with Gasteiger partial charge in [0.25, 0.3) is 5.91 Å². The van der Waals surface area contributed by atoms with Gasteiger partial charge < -0.3 is 20.3 Å². The quantitative estimate of drug-likeness (QED) is 0.413. The summed E-state index contributed by atoms with van der Waals surface area (Å²) < 4.78 is 14.9. The molecule has 0 saturated heterocycles. The second-order valence-corrected chi connectivity index (χ2v) is 7.26. The summed E-state index contributed by atoms with van der Waals surface area (Å²) in [5, 5.41) is 15.6. The Morgan fingerprint density at radius 2 is 1.88 bits per heavy atom. The summed E-state index contributed by atoms with van der Waals surface area (Å²) in [5.74, 6) is 0.324. The molecule has 0 aliphatic rings. The number of anilines is 2. The maximum Gasteiger partial charge on any atom is 0.253 e. The molecule has 4 aromatic rings. The Balaban J connectivity index is 1.52. The summed E-state index contributed by atoms with van der Waals surface area (Å²) in [6.45, 7) is 1.66. The molecule has 0 bridgehead atoms. The Labute approximate surface area is 184 Å². The maximum absolute atomic E-state index is 13.1. The fourth-order valence-corrected chi connectivity index (χ4v) is 3.24. The zero-order valence-electron chi connectivity index (χ0n) is 17.4. The van der Waals surface area contributed by atoms with Crippen molar-refractivity contribution < 1.29 is 14.3 Å². The van der Waals surface area contributed by atoms with Crippen LogP contribution in [0.4, 0.5) is 16.0 Å². The van der Waals surface area contributed by atoms with E-state index in [-0.39, 0.29) is 18.3 Å². The summed E-state index contributed by atoms with van der Waals surface area (Å²) in [4.78, 5) is 21.5. The van der Waals surface area contributed by atoms with Crippen LogP contribution in [0.3, 0.4) is 0 Å². The lowest BCUT2D eigenvalue weighted by Crippen LogP contribution is -2.30. The van der Waals surface area contributed by atoms with Crippen LogP contribution in [0.2, 0.25) is 0 Å². The van der Waals surface area contributed by atoms with Gasteiger partial charge in [0.15, 0.2) is 0 Å². The van der Waals surface area contributed by atoms with E-state index in [9.17, 15) is 14.3 Å². The number of hydrogen-bond donors (Lipinski definition) is 3. The summed E-state index contributed by atoms with van der Waals surface area (Å²) in [7, 11) is 0. The molecule has 1 amide bonds. The molecule has 8 heteroatoms. The average Bonchev–Trinajstić information content (AvgIpc) is 3.31. The third-order valence-electron chi connectivity index (χ3n) is 4.93. The summed E-state index contributed by atoms with van der Waals surface area (Å²) in [6, 6.07) is 16.4. The molecular formula is C24H22FN5O2. The molecule has 2 heterocycles. The Hall–Kier alpha value is -4.04. The topological polar surface area (TPSA) is 92.1 Å². The van der Waals surface area contributed by atoms with Crippen LogP contribution in [0.15, 0.2) is 79.3 Å². The largest absolute Gasteiger partial charge is 0.394 e. The molecule has 2 aromatic heterocycles. The van der Waals surface area contributed by atoms with Crippen molar-refractivity contribution in [3.63, 3.8) is 0 Å². The number of benzene rings is 2. The van der Waals surface area contributed by atoms with Crippen LogP contribution in [-0.2, 0) is 0 Å². The number of amides is 1. The number of carbonyl (C=O) groups is 1. The van der Waals surface area contributed by atoms with Crippen molar-refractivity contribution in [2.45, 2.75) is 13.0 Å². The van der Waals surface area contributed by atoms with E-state index in [1.54, 1.807) is 41.4 Å². The van der Waals surface area contributed by atoms with Gasteiger partial charge in [-0.15, -0.1) is 0 Å². The third kappa shape index (κ3) is 4.81. The number of rotatable bonds is 7. The molecule has 0 saturated carbocycles. The summed E-state index contributed by atoms with van der Waals surface area (Å²) in [6.07, 6.45) is 5.08. The van der Waals surface area contributed by atoms with Crippen molar-refractivity contribution in [2.75, 3.05) is 11.9 Å². The van der Waals surface area contributed by atoms with Crippen LogP contribution in [0.25, 0.3) is 5.82 Å². The molecule has 0 fully saturated rings. The Morgan fingerprint density at radius 3 is 2.59 bits per heavy atom. The van der Waals surface area contributed by atoms with Crippen molar-refractivity contribution in [3.05, 3.63) is 102 Å². The van der Waals surface area contributed by atoms with Gasteiger partial charge in [0.05, 0.1) is 18.2 Å². The molecule has 0 spiro atoms. The molecule has 4 rings (SSSR count). The Bertz CT molecular complexity index is 1210. The number of nitrogens with zero attached hydrogens (tertiary/aromatic N) is 3. The second-order valence-electron chi connectivity index (χ2n) is 7.26. The first-order valence-electron chi connectivity index (χ1n) is 10.0. The van der Waals surface area contributed by atoms with Crippen molar-refractivity contribution in [3.8, 4) is 5.82 Å². The first-order valence-corrected chi connectivity index (χ1v) is 10.0. The van der Waals surface area contributed by atoms with Gasteiger partial charge in [0, 0.05) is 29.8 Å². The molecular weight excluding hydrogens is 409 g/mol. The smallest absolute Gasteiger partial charge is 0.253 e. The number of aliphatic hydroxyl groups is 1. The lowest BCUT2D eigenvalue weighted by molar-refractivity contribution is 0.0916. The number of carbonyl (C=O) groups excluding carboxylic acids is 1. The van der Waals surface area contributed by atoms with E-state index in [4.69, 9.17) is 0 Å². The molecule has 0 aliphatic heterocycles. The molecule has 1 unspecified atom stereocenters. The molecule has 0 radical (unpaired) electrons. The summed E-state index contributed by atoms with van der Waals surface area (Å²) in [5.41, 5.74) is 2.73. The second kappa shape index (κ2) is 9.40. The minimum absolute atomic E-state index is 0.208. The number of aromatic nitrogens is 3. The van der Waals surface area contributed by atoms with E-state index in [0.717, 1.165) is 11.1 Å². The highest BCUT2D eigenvalue weighted by molar-refractivity contribution is 5.94. The van der Waals surface area contributed by atoms with Crippen molar-refractivity contribution in [1.29, 1.82) is 0 Å². The fourth-order valence-electron chi connectivity index (χ4n) is 3.24. The average molecular weight is 431 g/mol. The third-order valence-corrected chi connectivity index (χ3v) is 4.93. The van der Waals surface area contributed by atoms with Crippen LogP contribution in [0, 0.1) is 12.7 Å². The zero-order valence-corrected chi connectivity index (χ0v) is 17.4. The Morgan fingerprint density at radius 1 is 1.12 bits per heavy atom. The van der Waals surface area contributed by atoms with Gasteiger partial charge in [-0.2, -0.15) is 4.98 Å². The van der Waals surface area contributed by atoms with Gasteiger partial charge in [-0.1, -0.05) is 30.3 Å². The standard InChI is InChI=1S/C24H22FN5O2/c1-16-13-26-24(27-20-9-7-19(25)8-10-20)29-22(16)30-12-11-18(14-30)23(32)28-21(15-31)17-5-3-2-4-6-17/h2-14,21,31H,15H2,1H3,(H,28,32)(H,26,27,29). The molecule has 7 nitrogen and oxygen atoms in total. The van der Waals surface area contributed by atoms with Crippen molar-refractivity contribution in [2.24, 2.45) is 0 Å². The van der Waals surface area contributed by atoms with E-state index in [0.29, 0.717) is 23.0 Å². The molecule has 2 aromatic carbocycles. The highest BCUT2D eigenvalue weighted by Gasteiger charge is 2.16. The van der Waals surface area contributed by atoms with Crippen LogP contribution >= 0.6 is 0 Å². The highest BCUT2D eigenvalue weighted by Crippen LogP contribution is 2.19. The van der Waals surface area contributed by atoms with Gasteiger partial charge in [0.2, 0.25) is 5.95 Å². The summed E-state index contributed by atoms with van der Waals surface area (Å²) >= 11 is 0.